The number of amides is 2. The second-order valence-corrected chi connectivity index (χ2v) is 6.16. The molecule has 0 aliphatic heterocycles. The maximum atomic E-state index is 11.9. The van der Waals surface area contributed by atoms with Gasteiger partial charge in [0.15, 0.2) is 0 Å². The van der Waals surface area contributed by atoms with Gasteiger partial charge in [-0.2, -0.15) is 0 Å². The van der Waals surface area contributed by atoms with Crippen molar-refractivity contribution in [3.8, 4) is 0 Å². The molecule has 1 rings (SSSR count). The molecule has 6 nitrogen and oxygen atoms in total. The fraction of sp³-hybridized carbons (Fsp3) is 0.579. The number of carbonyl (C=O) groups excluding carboxylic acids is 1. The Morgan fingerprint density at radius 3 is 2.28 bits per heavy atom. The minimum atomic E-state index is -1.18. The Morgan fingerprint density at radius 2 is 1.64 bits per heavy atom. The summed E-state index contributed by atoms with van der Waals surface area (Å²) in [6.07, 6.45) is 7.70. The number of ether oxygens (including phenoxy) is 1. The highest BCUT2D eigenvalue weighted by Gasteiger charge is 2.11. The van der Waals surface area contributed by atoms with E-state index in [2.05, 4.69) is 17.6 Å². The number of carbonyl (C=O) groups is 2. The average Bonchev–Trinajstić information content (AvgIpc) is 2.56. The second-order valence-electron chi connectivity index (χ2n) is 6.16. The first-order valence-corrected chi connectivity index (χ1v) is 9.08. The van der Waals surface area contributed by atoms with Crippen LogP contribution in [-0.2, 0) is 4.74 Å². The van der Waals surface area contributed by atoms with E-state index in [1.165, 1.54) is 38.5 Å². The van der Waals surface area contributed by atoms with Crippen LogP contribution in [0.15, 0.2) is 18.2 Å². The predicted octanol–water partition coefficient (Wildman–Crippen LogP) is 5.77. The van der Waals surface area contributed by atoms with E-state index in [1.807, 2.05) is 0 Å². The highest BCUT2D eigenvalue weighted by atomic mass is 16.5. The van der Waals surface area contributed by atoms with Gasteiger partial charge in [0, 0.05) is 0 Å². The molecule has 25 heavy (non-hydrogen) atoms. The molecule has 0 bridgehead atoms. The molecule has 1 aromatic carbocycles. The summed E-state index contributed by atoms with van der Waals surface area (Å²) in [6.45, 7) is 4.37. The van der Waals surface area contributed by atoms with Crippen LogP contribution in [-0.4, -0.2) is 23.9 Å². The van der Waals surface area contributed by atoms with Crippen LogP contribution in [0.4, 0.5) is 21.0 Å². The third-order valence-corrected chi connectivity index (χ3v) is 3.97. The number of para-hydroxylation sites is 1. The number of hydrogen-bond donors (Lipinski definition) is 3. The molecule has 0 atom stereocenters. The number of anilines is 2. The summed E-state index contributed by atoms with van der Waals surface area (Å²) in [5.41, 5.74) is 1.51. The second kappa shape index (κ2) is 12.2. The molecule has 0 aromatic heterocycles. The first-order valence-electron chi connectivity index (χ1n) is 9.08. The lowest BCUT2D eigenvalue weighted by molar-refractivity contribution is 0.159. The average molecular weight is 350 g/mol. The molecule has 0 heterocycles. The largest absolute Gasteiger partial charge is 0.465 e. The molecule has 0 aliphatic carbocycles. The standard InChI is InChI=1S/C19H30N2O4/c1-3-4-5-6-7-8-9-10-14-25-19(24)21-17-15(2)12-11-13-16(17)20-18(22)23/h11-13,20H,3-10,14H2,1-2H3,(H,21,24)(H,22,23). The lowest BCUT2D eigenvalue weighted by Crippen LogP contribution is -2.17. The Hall–Kier alpha value is -2.24. The molecule has 0 spiro atoms. The number of rotatable bonds is 11. The summed E-state index contributed by atoms with van der Waals surface area (Å²) in [5.74, 6) is 0. The summed E-state index contributed by atoms with van der Waals surface area (Å²) in [5, 5.41) is 13.7. The van der Waals surface area contributed by atoms with Crippen molar-refractivity contribution >= 4 is 23.6 Å². The number of carboxylic acid groups (broad SMARTS) is 1. The van der Waals surface area contributed by atoms with Gasteiger partial charge in [0.25, 0.3) is 0 Å². The first kappa shape index (κ1) is 20.8. The maximum absolute atomic E-state index is 11.9. The van der Waals surface area contributed by atoms with Gasteiger partial charge in [-0.1, -0.05) is 64.0 Å². The Labute approximate surface area is 150 Å². The SMILES string of the molecule is CCCCCCCCCCOC(=O)Nc1c(C)cccc1NC(=O)O. The van der Waals surface area contributed by atoms with Crippen molar-refractivity contribution in [3.63, 3.8) is 0 Å². The smallest absolute Gasteiger partial charge is 0.411 e. The maximum Gasteiger partial charge on any atom is 0.411 e. The van der Waals surface area contributed by atoms with Crippen LogP contribution in [0.2, 0.25) is 0 Å². The fourth-order valence-electron chi connectivity index (χ4n) is 2.59. The highest BCUT2D eigenvalue weighted by molar-refractivity contribution is 5.95. The van der Waals surface area contributed by atoms with Crippen LogP contribution in [0.3, 0.4) is 0 Å². The summed E-state index contributed by atoms with van der Waals surface area (Å²) < 4.78 is 5.18. The zero-order valence-electron chi connectivity index (χ0n) is 15.3. The molecule has 0 fully saturated rings. The van der Waals surface area contributed by atoms with Crippen molar-refractivity contribution < 1.29 is 19.4 Å². The van der Waals surface area contributed by atoms with Gasteiger partial charge in [0.2, 0.25) is 0 Å². The van der Waals surface area contributed by atoms with Gasteiger partial charge >= 0.3 is 12.2 Å². The Kier molecular flexibility index (Phi) is 10.1. The van der Waals surface area contributed by atoms with E-state index < -0.39 is 12.2 Å². The van der Waals surface area contributed by atoms with Gasteiger partial charge in [-0.25, -0.2) is 9.59 Å². The molecule has 0 radical (unpaired) electrons. The summed E-state index contributed by atoms with van der Waals surface area (Å²) in [6, 6.07) is 5.11. The van der Waals surface area contributed by atoms with Gasteiger partial charge in [0.1, 0.15) is 0 Å². The quantitative estimate of drug-likeness (QED) is 0.442. The van der Waals surface area contributed by atoms with E-state index in [1.54, 1.807) is 25.1 Å². The molecule has 0 saturated heterocycles. The zero-order valence-corrected chi connectivity index (χ0v) is 15.3. The molecule has 140 valence electrons. The summed E-state index contributed by atoms with van der Waals surface area (Å²) >= 11 is 0. The zero-order chi connectivity index (χ0) is 18.5. The topological polar surface area (TPSA) is 87.7 Å². The molecule has 3 N–H and O–H groups in total. The molecule has 0 aliphatic rings. The lowest BCUT2D eigenvalue weighted by Gasteiger charge is -2.13. The van der Waals surface area contributed by atoms with E-state index >= 15 is 0 Å². The van der Waals surface area contributed by atoms with Crippen LogP contribution in [0.5, 0.6) is 0 Å². The summed E-state index contributed by atoms with van der Waals surface area (Å²) in [7, 11) is 0. The third kappa shape index (κ3) is 8.98. The van der Waals surface area contributed by atoms with Crippen molar-refractivity contribution in [2.24, 2.45) is 0 Å². The monoisotopic (exact) mass is 350 g/mol. The first-order chi connectivity index (χ1) is 12.0. The van der Waals surface area contributed by atoms with Gasteiger partial charge in [-0.3, -0.25) is 10.6 Å². The molecule has 2 amide bonds. The van der Waals surface area contributed by atoms with Gasteiger partial charge < -0.3 is 9.84 Å². The number of hydrogen-bond acceptors (Lipinski definition) is 3. The molecular weight excluding hydrogens is 320 g/mol. The Morgan fingerprint density at radius 1 is 1.00 bits per heavy atom. The number of nitrogens with one attached hydrogen (secondary N) is 2. The lowest BCUT2D eigenvalue weighted by atomic mass is 10.1. The van der Waals surface area contributed by atoms with E-state index in [9.17, 15) is 9.59 Å². The summed E-state index contributed by atoms with van der Waals surface area (Å²) in [4.78, 5) is 22.7. The van der Waals surface area contributed by atoms with Crippen molar-refractivity contribution in [1.29, 1.82) is 0 Å². The number of benzene rings is 1. The Bertz CT molecular complexity index is 546. The van der Waals surface area contributed by atoms with Crippen LogP contribution in [0.25, 0.3) is 0 Å². The third-order valence-electron chi connectivity index (χ3n) is 3.97. The number of aryl methyl sites for hydroxylation is 1. The Balaban J connectivity index is 2.27. The van der Waals surface area contributed by atoms with Crippen LogP contribution in [0.1, 0.15) is 63.9 Å². The normalized spacial score (nSPS) is 10.3. The van der Waals surface area contributed by atoms with E-state index in [0.29, 0.717) is 18.0 Å². The van der Waals surface area contributed by atoms with Gasteiger partial charge in [-0.15, -0.1) is 0 Å². The van der Waals surface area contributed by atoms with E-state index in [4.69, 9.17) is 9.84 Å². The predicted molar refractivity (Wildman–Crippen MR) is 100 cm³/mol. The van der Waals surface area contributed by atoms with Crippen LogP contribution < -0.4 is 10.6 Å². The minimum absolute atomic E-state index is 0.330. The van der Waals surface area contributed by atoms with Gasteiger partial charge in [0.05, 0.1) is 18.0 Å². The van der Waals surface area contributed by atoms with E-state index in [0.717, 1.165) is 18.4 Å². The molecular formula is C19H30N2O4. The van der Waals surface area contributed by atoms with Crippen LogP contribution >= 0.6 is 0 Å². The fourth-order valence-corrected chi connectivity index (χ4v) is 2.59. The van der Waals surface area contributed by atoms with Crippen molar-refractivity contribution in [3.05, 3.63) is 23.8 Å². The molecule has 1 aromatic rings. The van der Waals surface area contributed by atoms with Crippen molar-refractivity contribution in [2.75, 3.05) is 17.2 Å². The van der Waals surface area contributed by atoms with Gasteiger partial charge in [-0.05, 0) is 25.0 Å². The molecule has 0 saturated carbocycles. The van der Waals surface area contributed by atoms with Crippen LogP contribution in [0, 0.1) is 6.92 Å². The molecule has 6 heteroatoms. The van der Waals surface area contributed by atoms with Crippen molar-refractivity contribution in [1.82, 2.24) is 0 Å². The number of unbranched alkanes of at least 4 members (excludes halogenated alkanes) is 7. The van der Waals surface area contributed by atoms with E-state index in [-0.39, 0.29) is 0 Å². The molecule has 0 unspecified atom stereocenters. The highest BCUT2D eigenvalue weighted by Crippen LogP contribution is 2.25. The minimum Gasteiger partial charge on any atom is -0.465 e. The van der Waals surface area contributed by atoms with Crippen molar-refractivity contribution in [2.45, 2.75) is 65.2 Å².